The van der Waals surface area contributed by atoms with E-state index in [1.165, 1.54) is 39.0 Å². The third-order valence-corrected chi connectivity index (χ3v) is 5.17. The van der Waals surface area contributed by atoms with Gasteiger partial charge in [0.1, 0.15) is 23.6 Å². The molecule has 6 heteroatoms. The van der Waals surface area contributed by atoms with Crippen LogP contribution in [0.1, 0.15) is 56.9 Å². The highest BCUT2D eigenvalue weighted by Gasteiger charge is 2.30. The van der Waals surface area contributed by atoms with Crippen LogP contribution in [0.2, 0.25) is 0 Å². The first-order chi connectivity index (χ1) is 14.3. The molecule has 0 bridgehead atoms. The van der Waals surface area contributed by atoms with E-state index >= 15 is 0 Å². The van der Waals surface area contributed by atoms with Crippen molar-refractivity contribution in [2.45, 2.75) is 58.8 Å². The van der Waals surface area contributed by atoms with Gasteiger partial charge in [-0.05, 0) is 73.2 Å². The van der Waals surface area contributed by atoms with Crippen LogP contribution >= 0.6 is 0 Å². The zero-order valence-electron chi connectivity index (χ0n) is 18.7. The molecule has 0 aliphatic rings. The minimum Gasteiger partial charge on any atom is -0.379 e. The lowest BCUT2D eigenvalue weighted by atomic mass is 9.87. The van der Waals surface area contributed by atoms with Gasteiger partial charge in [-0.2, -0.15) is 5.26 Å². The molecule has 0 aliphatic heterocycles. The summed E-state index contributed by atoms with van der Waals surface area (Å²) < 4.78 is 57.2. The van der Waals surface area contributed by atoms with E-state index in [1.54, 1.807) is 32.2 Å². The molecular formula is C25H28F4N2. The van der Waals surface area contributed by atoms with Crippen molar-refractivity contribution in [2.24, 2.45) is 0 Å². The van der Waals surface area contributed by atoms with Crippen molar-refractivity contribution in [1.29, 1.82) is 5.26 Å². The summed E-state index contributed by atoms with van der Waals surface area (Å²) in [5.41, 5.74) is 1.03. The van der Waals surface area contributed by atoms with E-state index in [1.807, 2.05) is 0 Å². The van der Waals surface area contributed by atoms with Crippen LogP contribution in [-0.2, 0) is 18.0 Å². The van der Waals surface area contributed by atoms with Crippen molar-refractivity contribution in [1.82, 2.24) is 5.32 Å². The Morgan fingerprint density at radius 1 is 1.10 bits per heavy atom. The number of nitriles is 1. The molecule has 0 amide bonds. The first kappa shape index (κ1) is 24.5. The third-order valence-electron chi connectivity index (χ3n) is 5.17. The fourth-order valence-corrected chi connectivity index (χ4v) is 3.51. The molecule has 1 N–H and O–H groups in total. The second kappa shape index (κ2) is 9.13. The van der Waals surface area contributed by atoms with Crippen molar-refractivity contribution in [3.8, 4) is 17.2 Å². The molecule has 0 radical (unpaired) electrons. The van der Waals surface area contributed by atoms with Gasteiger partial charge in [-0.25, -0.2) is 17.6 Å². The minimum atomic E-state index is -3.16. The fraction of sp³-hybridized carbons (Fsp3) is 0.400. The van der Waals surface area contributed by atoms with Gasteiger partial charge in [0.05, 0.1) is 0 Å². The van der Waals surface area contributed by atoms with Crippen LogP contribution in [0.5, 0.6) is 0 Å². The number of hydrogen-bond acceptors (Lipinski definition) is 2. The van der Waals surface area contributed by atoms with Crippen LogP contribution < -0.4 is 5.32 Å². The SMILES string of the molecule is CN/C(C#N)=C(\C)c1cc(CC(C)F)cc(-c2cc(C(C)(C)F)ccc2C(C)(F)F)c1. The molecule has 31 heavy (non-hydrogen) atoms. The Morgan fingerprint density at radius 3 is 2.23 bits per heavy atom. The summed E-state index contributed by atoms with van der Waals surface area (Å²) in [7, 11) is 1.61. The lowest BCUT2D eigenvalue weighted by molar-refractivity contribution is 0.0180. The molecule has 0 aromatic heterocycles. The van der Waals surface area contributed by atoms with E-state index in [0.29, 0.717) is 28.0 Å². The van der Waals surface area contributed by atoms with Gasteiger partial charge in [0.25, 0.3) is 5.92 Å². The predicted molar refractivity (Wildman–Crippen MR) is 117 cm³/mol. The number of rotatable bonds is 7. The average Bonchev–Trinajstić information content (AvgIpc) is 2.66. The Morgan fingerprint density at radius 2 is 1.74 bits per heavy atom. The molecule has 2 nitrogen and oxygen atoms in total. The summed E-state index contributed by atoms with van der Waals surface area (Å²) in [6.07, 6.45) is -1.06. The van der Waals surface area contributed by atoms with E-state index < -0.39 is 17.8 Å². The Bertz CT molecular complexity index is 1020. The fourth-order valence-electron chi connectivity index (χ4n) is 3.51. The summed E-state index contributed by atoms with van der Waals surface area (Å²) >= 11 is 0. The topological polar surface area (TPSA) is 35.8 Å². The van der Waals surface area contributed by atoms with Crippen molar-refractivity contribution in [2.75, 3.05) is 7.05 Å². The minimum absolute atomic E-state index is 0.0850. The monoisotopic (exact) mass is 432 g/mol. The van der Waals surface area contributed by atoms with Crippen LogP contribution in [0.15, 0.2) is 42.1 Å². The van der Waals surface area contributed by atoms with Gasteiger partial charge < -0.3 is 5.32 Å². The Hall–Kier alpha value is -2.81. The zero-order chi connectivity index (χ0) is 23.6. The maximum atomic E-state index is 14.6. The van der Waals surface area contributed by atoms with Gasteiger partial charge in [-0.15, -0.1) is 0 Å². The molecule has 1 atom stereocenters. The normalized spacial score (nSPS) is 14.0. The highest BCUT2D eigenvalue weighted by molar-refractivity contribution is 5.77. The van der Waals surface area contributed by atoms with Gasteiger partial charge in [0, 0.05) is 26.0 Å². The van der Waals surface area contributed by atoms with Gasteiger partial charge in [-0.1, -0.05) is 24.3 Å². The maximum absolute atomic E-state index is 14.6. The molecule has 0 aliphatic carbocycles. The Labute approximate surface area is 181 Å². The molecule has 0 saturated carbocycles. The van der Waals surface area contributed by atoms with Crippen LogP contribution in [-0.4, -0.2) is 13.2 Å². The summed E-state index contributed by atoms with van der Waals surface area (Å²) in [4.78, 5) is 0. The van der Waals surface area contributed by atoms with Gasteiger partial charge in [-0.3, -0.25) is 0 Å². The molecule has 166 valence electrons. The number of nitrogens with one attached hydrogen (secondary N) is 1. The highest BCUT2D eigenvalue weighted by atomic mass is 19.3. The summed E-state index contributed by atoms with van der Waals surface area (Å²) in [6, 6.07) is 11.2. The molecule has 1 unspecified atom stereocenters. The van der Waals surface area contributed by atoms with Crippen molar-refractivity contribution < 1.29 is 17.6 Å². The number of alkyl halides is 4. The van der Waals surface area contributed by atoms with E-state index in [2.05, 4.69) is 11.4 Å². The largest absolute Gasteiger partial charge is 0.379 e. The number of hydrogen-bond donors (Lipinski definition) is 1. The smallest absolute Gasteiger partial charge is 0.271 e. The second-order valence-corrected chi connectivity index (χ2v) is 8.39. The van der Waals surface area contributed by atoms with E-state index in [9.17, 15) is 22.8 Å². The highest BCUT2D eigenvalue weighted by Crippen LogP contribution is 2.40. The second-order valence-electron chi connectivity index (χ2n) is 8.39. The zero-order valence-corrected chi connectivity index (χ0v) is 18.7. The van der Waals surface area contributed by atoms with Crippen LogP contribution in [0.25, 0.3) is 16.7 Å². The van der Waals surface area contributed by atoms with Crippen molar-refractivity contribution in [3.63, 3.8) is 0 Å². The maximum Gasteiger partial charge on any atom is 0.271 e. The summed E-state index contributed by atoms with van der Waals surface area (Å²) in [5.74, 6) is -3.16. The van der Waals surface area contributed by atoms with Crippen molar-refractivity contribution in [3.05, 3.63) is 64.3 Å². The molecule has 0 heterocycles. The molecule has 2 rings (SSSR count). The Balaban J connectivity index is 2.87. The molecule has 0 spiro atoms. The van der Waals surface area contributed by atoms with E-state index in [4.69, 9.17) is 0 Å². The molecule has 2 aromatic carbocycles. The van der Waals surface area contributed by atoms with Crippen LogP contribution in [0.3, 0.4) is 0 Å². The van der Waals surface area contributed by atoms with Gasteiger partial charge in [0.15, 0.2) is 0 Å². The molecule has 0 fully saturated rings. The van der Waals surface area contributed by atoms with Gasteiger partial charge >= 0.3 is 0 Å². The molecular weight excluding hydrogens is 404 g/mol. The van der Waals surface area contributed by atoms with E-state index in [-0.39, 0.29) is 23.1 Å². The number of benzene rings is 2. The van der Waals surface area contributed by atoms with Crippen LogP contribution in [0, 0.1) is 11.3 Å². The first-order valence-electron chi connectivity index (χ1n) is 10.1. The third kappa shape index (κ3) is 5.88. The molecule has 2 aromatic rings. The number of halogens is 4. The first-order valence-corrected chi connectivity index (χ1v) is 10.1. The van der Waals surface area contributed by atoms with Crippen LogP contribution in [0.4, 0.5) is 17.6 Å². The predicted octanol–water partition coefficient (Wildman–Crippen LogP) is 7.04. The number of nitrogens with zero attached hydrogens (tertiary/aromatic N) is 1. The van der Waals surface area contributed by atoms with Gasteiger partial charge in [0.2, 0.25) is 0 Å². The quantitative estimate of drug-likeness (QED) is 0.376. The Kier molecular flexibility index (Phi) is 7.21. The summed E-state index contributed by atoms with van der Waals surface area (Å²) in [6.45, 7) is 6.66. The lowest BCUT2D eigenvalue weighted by Gasteiger charge is -2.22. The standard InChI is InChI=1S/C25H28F4N2/c1-15(26)9-17-10-18(16(2)23(14-30)31-6)12-19(11-17)21-13-20(24(3,4)27)7-8-22(21)25(5,28)29/h7-8,10-13,15,31H,9H2,1-6H3/b23-16+. The van der Waals surface area contributed by atoms with E-state index in [0.717, 1.165) is 6.92 Å². The summed E-state index contributed by atoms with van der Waals surface area (Å²) in [5, 5.41) is 12.2. The van der Waals surface area contributed by atoms with Crippen molar-refractivity contribution >= 4 is 5.57 Å². The average molecular weight is 433 g/mol. The number of allylic oxidation sites excluding steroid dienone is 2. The molecule has 0 saturated heterocycles. The lowest BCUT2D eigenvalue weighted by Crippen LogP contribution is -2.14.